The molecular formula is C9H15NO2. The molecule has 1 aliphatic carbocycles. The highest BCUT2D eigenvalue weighted by Gasteiger charge is 2.32. The predicted molar refractivity (Wildman–Crippen MR) is 45.6 cm³/mol. The second-order valence-corrected chi connectivity index (χ2v) is 3.66. The topological polar surface area (TPSA) is 46.2 Å². The zero-order chi connectivity index (χ0) is 9.14. The summed E-state index contributed by atoms with van der Waals surface area (Å²) in [5, 5.41) is 2.75. The van der Waals surface area contributed by atoms with Crippen LogP contribution in [0.25, 0.3) is 0 Å². The van der Waals surface area contributed by atoms with Crippen molar-refractivity contribution < 1.29 is 9.59 Å². The van der Waals surface area contributed by atoms with Gasteiger partial charge in [0.1, 0.15) is 5.78 Å². The predicted octanol–water partition coefficient (Wildman–Crippen LogP) is 0.738. The number of nitrogens with one attached hydrogen (secondary N) is 1. The fourth-order valence-electron chi connectivity index (χ4n) is 1.22. The number of hydrogen-bond acceptors (Lipinski definition) is 2. The standard InChI is InChI=1S/C9H15NO2/c1-6-3-8(6)5-10-9(12)4-7(2)11/h6,8H,3-5H2,1-2H3,(H,10,12). The Hall–Kier alpha value is -0.860. The van der Waals surface area contributed by atoms with E-state index in [0.717, 1.165) is 12.5 Å². The van der Waals surface area contributed by atoms with E-state index < -0.39 is 0 Å². The molecule has 2 unspecified atom stereocenters. The van der Waals surface area contributed by atoms with Gasteiger partial charge in [0.15, 0.2) is 0 Å². The Morgan fingerprint density at radius 1 is 1.50 bits per heavy atom. The average Bonchev–Trinajstić information content (AvgIpc) is 2.61. The Morgan fingerprint density at radius 2 is 2.08 bits per heavy atom. The van der Waals surface area contributed by atoms with E-state index in [-0.39, 0.29) is 18.1 Å². The highest BCUT2D eigenvalue weighted by molar-refractivity contribution is 5.96. The molecule has 0 spiro atoms. The zero-order valence-electron chi connectivity index (χ0n) is 7.59. The van der Waals surface area contributed by atoms with Crippen molar-refractivity contribution in [2.45, 2.75) is 26.7 Å². The van der Waals surface area contributed by atoms with Crippen molar-refractivity contribution in [3.8, 4) is 0 Å². The number of Topliss-reactive ketones (excluding diaryl/α,β-unsaturated/α-hetero) is 1. The summed E-state index contributed by atoms with van der Waals surface area (Å²) in [6.07, 6.45) is 1.24. The van der Waals surface area contributed by atoms with Gasteiger partial charge in [0, 0.05) is 6.54 Å². The van der Waals surface area contributed by atoms with Gasteiger partial charge in [-0.05, 0) is 25.2 Å². The van der Waals surface area contributed by atoms with Gasteiger partial charge in [-0.3, -0.25) is 9.59 Å². The summed E-state index contributed by atoms with van der Waals surface area (Å²) in [5.41, 5.74) is 0. The van der Waals surface area contributed by atoms with E-state index in [0.29, 0.717) is 5.92 Å². The maximum absolute atomic E-state index is 11.0. The summed E-state index contributed by atoms with van der Waals surface area (Å²) < 4.78 is 0. The van der Waals surface area contributed by atoms with Gasteiger partial charge in [-0.1, -0.05) is 6.92 Å². The number of carbonyl (C=O) groups is 2. The van der Waals surface area contributed by atoms with Gasteiger partial charge in [0.25, 0.3) is 0 Å². The number of hydrogen-bond donors (Lipinski definition) is 1. The van der Waals surface area contributed by atoms with Crippen LogP contribution in [0.3, 0.4) is 0 Å². The van der Waals surface area contributed by atoms with Gasteiger partial charge in [-0.2, -0.15) is 0 Å². The van der Waals surface area contributed by atoms with Gasteiger partial charge < -0.3 is 5.32 Å². The van der Waals surface area contributed by atoms with Crippen LogP contribution in [0.5, 0.6) is 0 Å². The molecule has 68 valence electrons. The van der Waals surface area contributed by atoms with Crippen molar-refractivity contribution in [1.29, 1.82) is 0 Å². The SMILES string of the molecule is CC(=O)CC(=O)NCC1CC1C. The Balaban J connectivity index is 2.06. The molecule has 1 amide bonds. The van der Waals surface area contributed by atoms with Gasteiger partial charge >= 0.3 is 0 Å². The zero-order valence-corrected chi connectivity index (χ0v) is 7.59. The molecule has 3 nitrogen and oxygen atoms in total. The minimum atomic E-state index is -0.137. The molecule has 3 heteroatoms. The van der Waals surface area contributed by atoms with Gasteiger partial charge in [0.2, 0.25) is 5.91 Å². The van der Waals surface area contributed by atoms with Crippen molar-refractivity contribution in [2.75, 3.05) is 6.54 Å². The molecule has 1 saturated carbocycles. The lowest BCUT2D eigenvalue weighted by atomic mass is 10.3. The first-order chi connectivity index (χ1) is 5.59. The molecule has 0 saturated heterocycles. The van der Waals surface area contributed by atoms with E-state index in [1.807, 2.05) is 0 Å². The molecule has 0 heterocycles. The maximum Gasteiger partial charge on any atom is 0.227 e. The monoisotopic (exact) mass is 169 g/mol. The van der Waals surface area contributed by atoms with Crippen LogP contribution >= 0.6 is 0 Å². The lowest BCUT2D eigenvalue weighted by molar-refractivity contribution is -0.127. The van der Waals surface area contributed by atoms with Crippen molar-refractivity contribution in [2.24, 2.45) is 11.8 Å². The summed E-state index contributed by atoms with van der Waals surface area (Å²) in [7, 11) is 0. The van der Waals surface area contributed by atoms with Crippen LogP contribution in [-0.4, -0.2) is 18.2 Å². The van der Waals surface area contributed by atoms with E-state index in [1.165, 1.54) is 13.3 Å². The fraction of sp³-hybridized carbons (Fsp3) is 0.778. The van der Waals surface area contributed by atoms with Crippen LogP contribution in [0.4, 0.5) is 0 Å². The number of ketones is 1. The smallest absolute Gasteiger partial charge is 0.227 e. The second kappa shape index (κ2) is 3.70. The quantitative estimate of drug-likeness (QED) is 0.631. The van der Waals surface area contributed by atoms with E-state index in [4.69, 9.17) is 0 Å². The van der Waals surface area contributed by atoms with E-state index in [2.05, 4.69) is 12.2 Å². The molecule has 0 aromatic rings. The molecule has 1 fully saturated rings. The minimum absolute atomic E-state index is 0.0289. The molecule has 1 rings (SSSR count). The molecule has 12 heavy (non-hydrogen) atoms. The lowest BCUT2D eigenvalue weighted by Crippen LogP contribution is -2.27. The van der Waals surface area contributed by atoms with Crippen LogP contribution in [0.2, 0.25) is 0 Å². The molecular weight excluding hydrogens is 154 g/mol. The Morgan fingerprint density at radius 3 is 2.50 bits per heavy atom. The van der Waals surface area contributed by atoms with Crippen LogP contribution in [0, 0.1) is 11.8 Å². The van der Waals surface area contributed by atoms with Crippen LogP contribution in [-0.2, 0) is 9.59 Å². The van der Waals surface area contributed by atoms with Crippen molar-refractivity contribution >= 4 is 11.7 Å². The van der Waals surface area contributed by atoms with Crippen molar-refractivity contribution in [1.82, 2.24) is 5.32 Å². The normalized spacial score (nSPS) is 26.5. The summed E-state index contributed by atoms with van der Waals surface area (Å²) in [6, 6.07) is 0. The van der Waals surface area contributed by atoms with Gasteiger partial charge in [-0.25, -0.2) is 0 Å². The molecule has 0 aromatic heterocycles. The fourth-order valence-corrected chi connectivity index (χ4v) is 1.22. The van der Waals surface area contributed by atoms with Crippen LogP contribution in [0.15, 0.2) is 0 Å². The summed E-state index contributed by atoms with van der Waals surface area (Å²) in [5.74, 6) is 1.20. The van der Waals surface area contributed by atoms with Gasteiger partial charge in [0.05, 0.1) is 6.42 Å². The highest BCUT2D eigenvalue weighted by Crippen LogP contribution is 2.36. The first kappa shape index (κ1) is 9.23. The third-order valence-corrected chi connectivity index (χ3v) is 2.25. The summed E-state index contributed by atoms with van der Waals surface area (Å²) in [4.78, 5) is 21.5. The van der Waals surface area contributed by atoms with Crippen LogP contribution < -0.4 is 5.32 Å². The molecule has 0 bridgehead atoms. The second-order valence-electron chi connectivity index (χ2n) is 3.66. The van der Waals surface area contributed by atoms with E-state index in [9.17, 15) is 9.59 Å². The summed E-state index contributed by atoms with van der Waals surface area (Å²) >= 11 is 0. The van der Waals surface area contributed by atoms with E-state index >= 15 is 0 Å². The van der Waals surface area contributed by atoms with Crippen molar-refractivity contribution in [3.63, 3.8) is 0 Å². The number of carbonyl (C=O) groups excluding carboxylic acids is 2. The number of amides is 1. The lowest BCUT2D eigenvalue weighted by Gasteiger charge is -2.01. The Bertz CT molecular complexity index is 201. The third kappa shape index (κ3) is 3.03. The van der Waals surface area contributed by atoms with Gasteiger partial charge in [-0.15, -0.1) is 0 Å². The first-order valence-electron chi connectivity index (χ1n) is 4.35. The molecule has 1 N–H and O–H groups in total. The molecule has 0 aromatic carbocycles. The molecule has 0 aliphatic heterocycles. The third-order valence-electron chi connectivity index (χ3n) is 2.25. The highest BCUT2D eigenvalue weighted by atomic mass is 16.2. The van der Waals surface area contributed by atoms with E-state index in [1.54, 1.807) is 0 Å². The average molecular weight is 169 g/mol. The minimum Gasteiger partial charge on any atom is -0.355 e. The summed E-state index contributed by atoms with van der Waals surface area (Å²) in [6.45, 7) is 4.34. The largest absolute Gasteiger partial charge is 0.355 e. The maximum atomic E-state index is 11.0. The molecule has 2 atom stereocenters. The van der Waals surface area contributed by atoms with Crippen LogP contribution in [0.1, 0.15) is 26.7 Å². The Kier molecular flexibility index (Phi) is 2.84. The Labute approximate surface area is 72.5 Å². The molecule has 1 aliphatic rings. The van der Waals surface area contributed by atoms with Crippen molar-refractivity contribution in [3.05, 3.63) is 0 Å². The molecule has 0 radical (unpaired) electrons. The number of rotatable bonds is 4. The first-order valence-corrected chi connectivity index (χ1v) is 4.35.